The van der Waals surface area contributed by atoms with Crippen LogP contribution >= 0.6 is 46.4 Å². The van der Waals surface area contributed by atoms with Gasteiger partial charge in [0, 0.05) is 0 Å². The van der Waals surface area contributed by atoms with Gasteiger partial charge in [0.25, 0.3) is 5.63 Å². The summed E-state index contributed by atoms with van der Waals surface area (Å²) < 4.78 is 51.3. The zero-order valence-electron chi connectivity index (χ0n) is 4.98. The van der Waals surface area contributed by atoms with Crippen LogP contribution in [0.15, 0.2) is 0 Å². The lowest BCUT2D eigenvalue weighted by Gasteiger charge is -2.01. The molecule has 1 unspecified atom stereocenters. The highest BCUT2D eigenvalue weighted by Crippen LogP contribution is 2.26. The van der Waals surface area contributed by atoms with Crippen LogP contribution in [0.2, 0.25) is 0 Å². The van der Waals surface area contributed by atoms with E-state index in [-0.39, 0.29) is 0 Å². The van der Waals surface area contributed by atoms with Crippen LogP contribution in [-0.2, 0) is 0 Å². The first kappa shape index (κ1) is 15.3. The number of rotatable bonds is 0. The molecule has 1 atom stereocenters. The molecule has 0 bridgehead atoms. The SMILES string of the molecule is FC(Cl)(Cl)Cl.FC(Cl)C(F)(F)F. The van der Waals surface area contributed by atoms with Crippen LogP contribution in [0.4, 0.5) is 22.0 Å². The van der Waals surface area contributed by atoms with Crippen LogP contribution in [0, 0.1) is 0 Å². The summed E-state index contributed by atoms with van der Waals surface area (Å²) in [5.74, 6) is 0. The number of alkyl halides is 9. The summed E-state index contributed by atoms with van der Waals surface area (Å²) in [4.78, 5) is 0. The minimum absolute atomic E-state index is 2.58. The van der Waals surface area contributed by atoms with Crippen LogP contribution in [0.5, 0.6) is 0 Å². The molecule has 0 rings (SSSR count). The van der Waals surface area contributed by atoms with Gasteiger partial charge >= 0.3 is 10.2 Å². The Balaban J connectivity index is 0. The van der Waals surface area contributed by atoms with Crippen LogP contribution in [0.25, 0.3) is 0 Å². The quantitative estimate of drug-likeness (QED) is 0.454. The van der Waals surface area contributed by atoms with Gasteiger partial charge in [0.05, 0.1) is 0 Å². The predicted molar refractivity (Wildman–Crippen MR) is 38.2 cm³/mol. The van der Waals surface area contributed by atoms with Crippen molar-refractivity contribution < 1.29 is 22.0 Å². The van der Waals surface area contributed by atoms with Gasteiger partial charge < -0.3 is 0 Å². The van der Waals surface area contributed by atoms with E-state index in [4.69, 9.17) is 0 Å². The average molecular weight is 274 g/mol. The lowest BCUT2D eigenvalue weighted by Crippen LogP contribution is -2.17. The van der Waals surface area contributed by atoms with E-state index in [1.54, 1.807) is 0 Å². The van der Waals surface area contributed by atoms with Crippen molar-refractivity contribution in [3.8, 4) is 0 Å². The van der Waals surface area contributed by atoms with E-state index >= 15 is 0 Å². The van der Waals surface area contributed by atoms with Gasteiger partial charge in [-0.3, -0.25) is 0 Å². The number of hydrogen-bond donors (Lipinski definition) is 0. The minimum Gasteiger partial charge on any atom is -0.220 e. The second kappa shape index (κ2) is 5.52. The van der Waals surface area contributed by atoms with Gasteiger partial charge in [-0.1, -0.05) is 11.6 Å². The Morgan fingerprint density at radius 2 is 1.00 bits per heavy atom. The molecule has 0 aromatic carbocycles. The first-order valence-corrected chi connectivity index (χ1v) is 3.62. The zero-order valence-corrected chi connectivity index (χ0v) is 8.00. The van der Waals surface area contributed by atoms with Gasteiger partial charge in [0.2, 0.25) is 0 Å². The molecule has 0 amide bonds. The molecule has 0 saturated heterocycles. The largest absolute Gasteiger partial charge is 0.433 e. The second-order valence-corrected chi connectivity index (χ2v) is 3.80. The smallest absolute Gasteiger partial charge is 0.220 e. The maximum absolute atomic E-state index is 11.0. The minimum atomic E-state index is -4.90. The summed E-state index contributed by atoms with van der Waals surface area (Å²) in [7, 11) is 0. The van der Waals surface area contributed by atoms with Gasteiger partial charge in [-0.05, 0) is 34.8 Å². The fraction of sp³-hybridized carbons (Fsp3) is 1.00. The Morgan fingerprint density at radius 3 is 1.00 bits per heavy atom. The van der Waals surface area contributed by atoms with Crippen LogP contribution < -0.4 is 0 Å². The molecule has 12 heavy (non-hydrogen) atoms. The summed E-state index contributed by atoms with van der Waals surface area (Å²) >= 11 is 17.1. The summed E-state index contributed by atoms with van der Waals surface area (Å²) in [6, 6.07) is 0. The van der Waals surface area contributed by atoms with Gasteiger partial charge in [-0.2, -0.15) is 17.6 Å². The Morgan fingerprint density at radius 1 is 0.917 bits per heavy atom. The fourth-order valence-corrected chi connectivity index (χ4v) is 0. The highest BCUT2D eigenvalue weighted by atomic mass is 35.6. The molecule has 0 aliphatic carbocycles. The molecular formula is C3HCl4F5. The van der Waals surface area contributed by atoms with Crippen LogP contribution in [0.3, 0.4) is 0 Å². The van der Waals surface area contributed by atoms with Crippen LogP contribution in [0.1, 0.15) is 0 Å². The van der Waals surface area contributed by atoms with Crippen molar-refractivity contribution in [3.63, 3.8) is 0 Å². The van der Waals surface area contributed by atoms with Gasteiger partial charge in [-0.15, -0.1) is 0 Å². The summed E-state index contributed by atoms with van der Waals surface area (Å²) in [5, 5.41) is 0. The van der Waals surface area contributed by atoms with E-state index in [9.17, 15) is 22.0 Å². The topological polar surface area (TPSA) is 0 Å². The molecule has 0 aliphatic rings. The summed E-state index contributed by atoms with van der Waals surface area (Å²) in [5.41, 5.74) is -3.23. The molecule has 0 saturated carbocycles. The second-order valence-electron chi connectivity index (χ2n) is 1.27. The van der Waals surface area contributed by atoms with Crippen molar-refractivity contribution in [2.75, 3.05) is 0 Å². The van der Waals surface area contributed by atoms with Gasteiger partial charge in [0.15, 0.2) is 0 Å². The monoisotopic (exact) mass is 272 g/mol. The Hall–Kier alpha value is 0.810. The molecule has 0 aromatic heterocycles. The highest BCUT2D eigenvalue weighted by Gasteiger charge is 2.38. The first-order valence-electron chi connectivity index (χ1n) is 2.05. The molecule has 0 spiro atoms. The van der Waals surface area contributed by atoms with Gasteiger partial charge in [0.1, 0.15) is 0 Å². The maximum atomic E-state index is 11.0. The van der Waals surface area contributed by atoms with E-state index in [1.165, 1.54) is 0 Å². The number of halogens is 9. The zero-order chi connectivity index (χ0) is 10.6. The third kappa shape index (κ3) is 22.4. The van der Waals surface area contributed by atoms with Crippen molar-refractivity contribution in [3.05, 3.63) is 0 Å². The molecular weight excluding hydrogens is 273 g/mol. The van der Waals surface area contributed by atoms with Gasteiger partial charge in [-0.25, -0.2) is 4.39 Å². The van der Waals surface area contributed by atoms with Crippen molar-refractivity contribution >= 4 is 46.4 Å². The first-order chi connectivity index (χ1) is 4.94. The molecule has 0 nitrogen and oxygen atoms in total. The lowest BCUT2D eigenvalue weighted by molar-refractivity contribution is -0.156. The normalized spacial score (nSPS) is 14.8. The Kier molecular flexibility index (Phi) is 7.03. The number of hydrogen-bond acceptors (Lipinski definition) is 0. The molecule has 0 radical (unpaired) electrons. The third-order valence-corrected chi connectivity index (χ3v) is 0.495. The highest BCUT2D eigenvalue weighted by molar-refractivity contribution is 6.66. The average Bonchev–Trinajstić information content (AvgIpc) is 1.55. The van der Waals surface area contributed by atoms with Crippen molar-refractivity contribution in [1.29, 1.82) is 0 Å². The predicted octanol–water partition coefficient (Wildman–Crippen LogP) is 4.37. The molecule has 0 fully saturated rings. The standard InChI is InChI=1S/C2HClF4.CCl3F/c3-1(4)2(5,6)7;2-1(3,4)5/h1H;. The maximum Gasteiger partial charge on any atom is 0.433 e. The van der Waals surface area contributed by atoms with Crippen molar-refractivity contribution in [2.45, 2.75) is 15.9 Å². The summed E-state index contributed by atoms with van der Waals surface area (Å²) in [6.07, 6.45) is -4.90. The molecule has 0 aliphatic heterocycles. The summed E-state index contributed by atoms with van der Waals surface area (Å²) in [6.45, 7) is 0. The molecule has 0 heterocycles. The molecule has 9 heteroatoms. The molecule has 0 N–H and O–H groups in total. The van der Waals surface area contributed by atoms with E-state index in [0.717, 1.165) is 0 Å². The Labute approximate surface area is 84.5 Å². The van der Waals surface area contributed by atoms with Crippen molar-refractivity contribution in [1.82, 2.24) is 0 Å². The van der Waals surface area contributed by atoms with Crippen LogP contribution in [-0.4, -0.2) is 15.9 Å². The molecule has 76 valence electrons. The Bertz CT molecular complexity index is 109. The lowest BCUT2D eigenvalue weighted by atomic mass is 10.7. The van der Waals surface area contributed by atoms with E-state index < -0.39 is 15.9 Å². The fourth-order valence-electron chi connectivity index (χ4n) is 0. The third-order valence-electron chi connectivity index (χ3n) is 0.247. The van der Waals surface area contributed by atoms with E-state index in [2.05, 4.69) is 46.4 Å². The van der Waals surface area contributed by atoms with E-state index in [0.29, 0.717) is 0 Å². The molecule has 0 aromatic rings. The van der Waals surface area contributed by atoms with E-state index in [1.807, 2.05) is 0 Å². The van der Waals surface area contributed by atoms with Crippen molar-refractivity contribution in [2.24, 2.45) is 0 Å².